The average Bonchev–Trinajstić information content (AvgIpc) is 2.88. The highest BCUT2D eigenvalue weighted by Gasteiger charge is 2.18. The number of ether oxygens (including phenoxy) is 2. The first kappa shape index (κ1) is 14.8. The van der Waals surface area contributed by atoms with Crippen molar-refractivity contribution in [3.63, 3.8) is 0 Å². The molecule has 0 unspecified atom stereocenters. The van der Waals surface area contributed by atoms with E-state index in [1.54, 1.807) is 13.1 Å². The van der Waals surface area contributed by atoms with Gasteiger partial charge in [0.05, 0.1) is 6.61 Å². The SMILES string of the molecule is CCOC(=O)C(=O)OCC(=O)Cc1c[nH]c2ccccc12. The van der Waals surface area contributed by atoms with E-state index < -0.39 is 18.5 Å². The van der Waals surface area contributed by atoms with Gasteiger partial charge in [0, 0.05) is 23.5 Å². The lowest BCUT2D eigenvalue weighted by Gasteiger charge is -2.03. The molecule has 0 spiro atoms. The summed E-state index contributed by atoms with van der Waals surface area (Å²) < 4.78 is 9.08. The highest BCUT2D eigenvalue weighted by molar-refractivity contribution is 6.29. The molecule has 2 rings (SSSR count). The van der Waals surface area contributed by atoms with Crippen molar-refractivity contribution in [2.75, 3.05) is 13.2 Å². The quantitative estimate of drug-likeness (QED) is 0.664. The van der Waals surface area contributed by atoms with Crippen molar-refractivity contribution in [2.45, 2.75) is 13.3 Å². The Hall–Kier alpha value is -2.63. The molecule has 0 bridgehead atoms. The average molecular weight is 289 g/mol. The fourth-order valence-corrected chi connectivity index (χ4v) is 1.94. The van der Waals surface area contributed by atoms with Crippen molar-refractivity contribution in [3.8, 4) is 0 Å². The molecule has 1 aromatic carbocycles. The van der Waals surface area contributed by atoms with Gasteiger partial charge in [-0.05, 0) is 18.6 Å². The van der Waals surface area contributed by atoms with Crippen molar-refractivity contribution in [3.05, 3.63) is 36.0 Å². The van der Waals surface area contributed by atoms with E-state index in [-0.39, 0.29) is 18.8 Å². The molecule has 0 aliphatic heterocycles. The van der Waals surface area contributed by atoms with Crippen LogP contribution in [0.2, 0.25) is 0 Å². The minimum atomic E-state index is -1.15. The standard InChI is InChI=1S/C15H15NO5/c1-2-20-14(18)15(19)21-9-11(17)7-10-8-16-13-6-4-3-5-12(10)13/h3-6,8,16H,2,7,9H2,1H3. The first-order valence-corrected chi connectivity index (χ1v) is 6.52. The van der Waals surface area contributed by atoms with Gasteiger partial charge in [-0.2, -0.15) is 0 Å². The number of benzene rings is 1. The molecule has 1 N–H and O–H groups in total. The molecule has 0 aliphatic carbocycles. The minimum absolute atomic E-state index is 0.0806. The Morgan fingerprint density at radius 1 is 1.10 bits per heavy atom. The van der Waals surface area contributed by atoms with E-state index in [9.17, 15) is 14.4 Å². The number of rotatable bonds is 5. The molecule has 6 heteroatoms. The molecule has 1 heterocycles. The second kappa shape index (κ2) is 6.69. The summed E-state index contributed by atoms with van der Waals surface area (Å²) in [4.78, 5) is 37.1. The van der Waals surface area contributed by atoms with Crippen LogP contribution >= 0.6 is 0 Å². The van der Waals surface area contributed by atoms with Crippen LogP contribution in [-0.4, -0.2) is 35.9 Å². The van der Waals surface area contributed by atoms with Gasteiger partial charge in [-0.3, -0.25) is 4.79 Å². The normalized spacial score (nSPS) is 10.3. The van der Waals surface area contributed by atoms with Crippen molar-refractivity contribution in [1.29, 1.82) is 0 Å². The third-order valence-electron chi connectivity index (χ3n) is 2.87. The maximum Gasteiger partial charge on any atom is 0.417 e. The zero-order valence-corrected chi connectivity index (χ0v) is 11.5. The number of carbonyl (C=O) groups excluding carboxylic acids is 3. The van der Waals surface area contributed by atoms with E-state index in [1.807, 2.05) is 24.3 Å². The molecule has 2 aromatic rings. The van der Waals surface area contributed by atoms with Gasteiger partial charge < -0.3 is 14.5 Å². The molecule has 21 heavy (non-hydrogen) atoms. The van der Waals surface area contributed by atoms with Crippen LogP contribution < -0.4 is 0 Å². The van der Waals surface area contributed by atoms with E-state index in [1.165, 1.54) is 0 Å². The molecule has 0 saturated heterocycles. The zero-order chi connectivity index (χ0) is 15.2. The Bertz CT molecular complexity index is 674. The van der Waals surface area contributed by atoms with Gasteiger partial charge in [0.25, 0.3) is 0 Å². The number of aromatic amines is 1. The van der Waals surface area contributed by atoms with E-state index in [0.29, 0.717) is 0 Å². The van der Waals surface area contributed by atoms with Crippen LogP contribution in [0.4, 0.5) is 0 Å². The predicted molar refractivity (Wildman–Crippen MR) is 74.6 cm³/mol. The van der Waals surface area contributed by atoms with Gasteiger partial charge >= 0.3 is 11.9 Å². The molecule has 0 aliphatic rings. The van der Waals surface area contributed by atoms with Gasteiger partial charge in [-0.15, -0.1) is 0 Å². The molecule has 110 valence electrons. The lowest BCUT2D eigenvalue weighted by Crippen LogP contribution is -2.23. The molecule has 6 nitrogen and oxygen atoms in total. The molecular formula is C15H15NO5. The number of esters is 2. The molecule has 0 radical (unpaired) electrons. The smallest absolute Gasteiger partial charge is 0.417 e. The third-order valence-corrected chi connectivity index (χ3v) is 2.87. The number of para-hydroxylation sites is 1. The summed E-state index contributed by atoms with van der Waals surface area (Å²) in [6, 6.07) is 7.58. The summed E-state index contributed by atoms with van der Waals surface area (Å²) in [5.41, 5.74) is 1.76. The largest absolute Gasteiger partial charge is 0.458 e. The molecular weight excluding hydrogens is 274 g/mol. The number of hydrogen-bond acceptors (Lipinski definition) is 5. The van der Waals surface area contributed by atoms with Crippen LogP contribution in [0.1, 0.15) is 12.5 Å². The lowest BCUT2D eigenvalue weighted by molar-refractivity contribution is -0.168. The number of ketones is 1. The summed E-state index contributed by atoms with van der Waals surface area (Å²) in [7, 11) is 0. The maximum absolute atomic E-state index is 11.8. The summed E-state index contributed by atoms with van der Waals surface area (Å²) in [6.07, 6.45) is 1.87. The first-order valence-electron chi connectivity index (χ1n) is 6.52. The van der Waals surface area contributed by atoms with Gasteiger partial charge in [0.15, 0.2) is 12.4 Å². The van der Waals surface area contributed by atoms with E-state index in [2.05, 4.69) is 14.5 Å². The molecule has 1 aromatic heterocycles. The number of fused-ring (bicyclic) bond motifs is 1. The number of H-pyrrole nitrogens is 1. The summed E-state index contributed by atoms with van der Waals surface area (Å²) in [5.74, 6) is -2.53. The summed E-state index contributed by atoms with van der Waals surface area (Å²) in [6.45, 7) is 1.21. The number of hydrogen-bond donors (Lipinski definition) is 1. The number of carbonyl (C=O) groups is 3. The maximum atomic E-state index is 11.8. The molecule has 0 atom stereocenters. The van der Waals surface area contributed by atoms with E-state index in [0.717, 1.165) is 16.5 Å². The van der Waals surface area contributed by atoms with E-state index >= 15 is 0 Å². The Morgan fingerprint density at radius 3 is 2.57 bits per heavy atom. The van der Waals surface area contributed by atoms with Gasteiger partial charge in [0.1, 0.15) is 0 Å². The summed E-state index contributed by atoms with van der Waals surface area (Å²) in [5, 5.41) is 0.947. The van der Waals surface area contributed by atoms with Crippen LogP contribution in [0.3, 0.4) is 0 Å². The van der Waals surface area contributed by atoms with Crippen molar-refractivity contribution >= 4 is 28.6 Å². The Kier molecular flexibility index (Phi) is 4.71. The minimum Gasteiger partial charge on any atom is -0.458 e. The number of nitrogens with one attached hydrogen (secondary N) is 1. The van der Waals surface area contributed by atoms with Gasteiger partial charge in [0.2, 0.25) is 0 Å². The number of Topliss-reactive ketones (excluding diaryl/α,β-unsaturated/α-hetero) is 1. The fraction of sp³-hybridized carbons (Fsp3) is 0.267. The van der Waals surface area contributed by atoms with Crippen molar-refractivity contribution < 1.29 is 23.9 Å². The Labute approximate surface area is 121 Å². The van der Waals surface area contributed by atoms with Gasteiger partial charge in [-0.1, -0.05) is 18.2 Å². The third kappa shape index (κ3) is 3.68. The molecule has 0 fully saturated rings. The summed E-state index contributed by atoms with van der Waals surface area (Å²) >= 11 is 0. The van der Waals surface area contributed by atoms with Crippen molar-refractivity contribution in [1.82, 2.24) is 4.98 Å². The highest BCUT2D eigenvalue weighted by Crippen LogP contribution is 2.18. The van der Waals surface area contributed by atoms with Gasteiger partial charge in [-0.25, -0.2) is 9.59 Å². The predicted octanol–water partition coefficient (Wildman–Crippen LogP) is 1.39. The van der Waals surface area contributed by atoms with Crippen LogP contribution in [0, 0.1) is 0 Å². The molecule has 0 saturated carbocycles. The second-order valence-electron chi connectivity index (χ2n) is 4.37. The number of aromatic nitrogens is 1. The second-order valence-corrected chi connectivity index (χ2v) is 4.37. The van der Waals surface area contributed by atoms with Crippen LogP contribution in [0.5, 0.6) is 0 Å². The molecule has 0 amide bonds. The lowest BCUT2D eigenvalue weighted by atomic mass is 10.1. The Balaban J connectivity index is 1.90. The highest BCUT2D eigenvalue weighted by atomic mass is 16.6. The van der Waals surface area contributed by atoms with E-state index in [4.69, 9.17) is 0 Å². The van der Waals surface area contributed by atoms with Crippen LogP contribution in [-0.2, 0) is 30.3 Å². The first-order chi connectivity index (χ1) is 10.1. The van der Waals surface area contributed by atoms with Crippen LogP contribution in [0.25, 0.3) is 10.9 Å². The van der Waals surface area contributed by atoms with Crippen LogP contribution in [0.15, 0.2) is 30.5 Å². The fourth-order valence-electron chi connectivity index (χ4n) is 1.94. The van der Waals surface area contributed by atoms with Crippen molar-refractivity contribution in [2.24, 2.45) is 0 Å². The monoisotopic (exact) mass is 289 g/mol. The Morgan fingerprint density at radius 2 is 1.81 bits per heavy atom. The zero-order valence-electron chi connectivity index (χ0n) is 11.5. The topological polar surface area (TPSA) is 85.5 Å².